The number of rotatable bonds is 8. The van der Waals surface area contributed by atoms with Crippen LogP contribution in [0.15, 0.2) is 52.3 Å². The summed E-state index contributed by atoms with van der Waals surface area (Å²) in [5.74, 6) is -0.648. The minimum atomic E-state index is -3.72. The Balaban J connectivity index is 1.89. The molecular weight excluding hydrogens is 450 g/mol. The quantitative estimate of drug-likeness (QED) is 0.564. The number of nitrogens with one attached hydrogen (secondary N) is 1. The Morgan fingerprint density at radius 3 is 2.44 bits per heavy atom. The number of primary amides is 1. The first-order valence-corrected chi connectivity index (χ1v) is 12.7. The number of sulfonamides is 1. The van der Waals surface area contributed by atoms with Crippen LogP contribution in [-0.2, 0) is 14.8 Å². The van der Waals surface area contributed by atoms with Gasteiger partial charge in [0, 0.05) is 18.0 Å². The van der Waals surface area contributed by atoms with Gasteiger partial charge in [-0.3, -0.25) is 9.59 Å². The molecule has 0 bridgehead atoms. The fourth-order valence-electron chi connectivity index (χ4n) is 3.49. The third-order valence-corrected chi connectivity index (χ3v) is 8.11. The third kappa shape index (κ3) is 5.81. The zero-order valence-corrected chi connectivity index (χ0v) is 19.5. The Bertz CT molecular complexity index is 1080. The molecule has 1 aliphatic heterocycles. The minimum Gasteiger partial charge on any atom is -0.496 e. The number of thioether (sulfide) groups is 1. The first kappa shape index (κ1) is 24.1. The van der Waals surface area contributed by atoms with Crippen LogP contribution in [0.3, 0.4) is 0 Å². The summed E-state index contributed by atoms with van der Waals surface area (Å²) in [6.45, 7) is 0.945. The molecule has 1 aliphatic rings. The van der Waals surface area contributed by atoms with E-state index in [4.69, 9.17) is 10.5 Å². The summed E-state index contributed by atoms with van der Waals surface area (Å²) in [7, 11) is -2.30. The Hall–Kier alpha value is -2.56. The van der Waals surface area contributed by atoms with Gasteiger partial charge in [0.15, 0.2) is 0 Å². The van der Waals surface area contributed by atoms with Crippen LogP contribution in [0.2, 0.25) is 0 Å². The van der Waals surface area contributed by atoms with Crippen molar-refractivity contribution in [2.75, 3.05) is 31.3 Å². The standard InChI is InChI=1S/C22H27N3O5S2/c1-30-19-11-10-16(32(28,29)25-12-6-2-3-7-13-25)14-17(19)22(27)24-18-8-4-5-9-20(18)31-15-21(23)26/h4-5,8-11,14H,2-3,6-7,12-13,15H2,1H3,(H2,23,26)(H,24,27). The molecule has 32 heavy (non-hydrogen) atoms. The predicted octanol–water partition coefficient (Wildman–Crippen LogP) is 3.09. The first-order valence-electron chi connectivity index (χ1n) is 10.3. The molecule has 1 heterocycles. The van der Waals surface area contributed by atoms with E-state index in [0.717, 1.165) is 25.7 Å². The van der Waals surface area contributed by atoms with E-state index in [1.54, 1.807) is 24.3 Å². The molecule has 1 saturated heterocycles. The number of amides is 2. The van der Waals surface area contributed by atoms with Crippen LogP contribution in [-0.4, -0.2) is 50.5 Å². The number of ether oxygens (including phenoxy) is 1. The molecule has 2 aromatic carbocycles. The second-order valence-electron chi connectivity index (χ2n) is 7.39. The second-order valence-corrected chi connectivity index (χ2v) is 10.3. The number of nitrogens with zero attached hydrogens (tertiary/aromatic N) is 1. The van der Waals surface area contributed by atoms with Crippen LogP contribution in [0.25, 0.3) is 0 Å². The number of hydrogen-bond donors (Lipinski definition) is 2. The van der Waals surface area contributed by atoms with E-state index in [2.05, 4.69) is 5.32 Å². The van der Waals surface area contributed by atoms with Crippen LogP contribution in [0, 0.1) is 0 Å². The number of carbonyl (C=O) groups is 2. The van der Waals surface area contributed by atoms with Crippen LogP contribution in [0.4, 0.5) is 5.69 Å². The van der Waals surface area contributed by atoms with Gasteiger partial charge in [0.05, 0.1) is 29.0 Å². The number of methoxy groups -OCH3 is 1. The van der Waals surface area contributed by atoms with Gasteiger partial charge in [0.1, 0.15) is 5.75 Å². The predicted molar refractivity (Wildman–Crippen MR) is 125 cm³/mol. The average Bonchev–Trinajstić information content (AvgIpc) is 3.08. The molecule has 2 aromatic rings. The zero-order chi connectivity index (χ0) is 23.1. The molecule has 0 saturated carbocycles. The molecule has 0 unspecified atom stereocenters. The van der Waals surface area contributed by atoms with Crippen LogP contribution >= 0.6 is 11.8 Å². The number of nitrogens with two attached hydrogens (primary N) is 1. The van der Waals surface area contributed by atoms with Gasteiger partial charge in [-0.1, -0.05) is 25.0 Å². The number of para-hydroxylation sites is 1. The molecule has 0 radical (unpaired) electrons. The highest BCUT2D eigenvalue weighted by molar-refractivity contribution is 8.00. The zero-order valence-electron chi connectivity index (χ0n) is 17.9. The van der Waals surface area contributed by atoms with E-state index in [1.165, 1.54) is 41.4 Å². The first-order chi connectivity index (χ1) is 15.3. The Labute approximate surface area is 192 Å². The molecule has 3 N–H and O–H groups in total. The summed E-state index contributed by atoms with van der Waals surface area (Å²) in [5.41, 5.74) is 5.83. The van der Waals surface area contributed by atoms with Crippen LogP contribution < -0.4 is 15.8 Å². The summed E-state index contributed by atoms with van der Waals surface area (Å²) in [6.07, 6.45) is 3.66. The molecular formula is C22H27N3O5S2. The lowest BCUT2D eigenvalue weighted by atomic mass is 10.2. The molecule has 172 valence electrons. The van der Waals surface area contributed by atoms with E-state index in [-0.39, 0.29) is 22.0 Å². The number of benzene rings is 2. The smallest absolute Gasteiger partial charge is 0.259 e. The average molecular weight is 478 g/mol. The van der Waals surface area contributed by atoms with E-state index >= 15 is 0 Å². The second kappa shape index (κ2) is 10.8. The lowest BCUT2D eigenvalue weighted by Gasteiger charge is -2.21. The van der Waals surface area contributed by atoms with Gasteiger partial charge in [-0.15, -0.1) is 11.8 Å². The van der Waals surface area contributed by atoms with E-state index in [9.17, 15) is 18.0 Å². The monoisotopic (exact) mass is 477 g/mol. The lowest BCUT2D eigenvalue weighted by Crippen LogP contribution is -2.32. The van der Waals surface area contributed by atoms with Crippen molar-refractivity contribution in [1.82, 2.24) is 4.31 Å². The van der Waals surface area contributed by atoms with Crippen molar-refractivity contribution in [3.8, 4) is 5.75 Å². The Morgan fingerprint density at radius 2 is 1.78 bits per heavy atom. The number of anilines is 1. The van der Waals surface area contributed by atoms with E-state index in [0.29, 0.717) is 23.7 Å². The summed E-state index contributed by atoms with van der Waals surface area (Å²) >= 11 is 1.21. The summed E-state index contributed by atoms with van der Waals surface area (Å²) in [4.78, 5) is 25.0. The minimum absolute atomic E-state index is 0.0572. The topological polar surface area (TPSA) is 119 Å². The van der Waals surface area contributed by atoms with Gasteiger partial charge in [-0.25, -0.2) is 8.42 Å². The molecule has 1 fully saturated rings. The van der Waals surface area contributed by atoms with Crippen molar-refractivity contribution in [3.05, 3.63) is 48.0 Å². The molecule has 0 aliphatic carbocycles. The van der Waals surface area contributed by atoms with E-state index in [1.807, 2.05) is 0 Å². The Morgan fingerprint density at radius 1 is 1.09 bits per heavy atom. The van der Waals surface area contributed by atoms with Gasteiger partial charge in [-0.2, -0.15) is 4.31 Å². The fourth-order valence-corrected chi connectivity index (χ4v) is 5.78. The van der Waals surface area contributed by atoms with Crippen molar-refractivity contribution in [2.45, 2.75) is 35.5 Å². The molecule has 8 nitrogen and oxygen atoms in total. The van der Waals surface area contributed by atoms with Crippen LogP contribution in [0.5, 0.6) is 5.75 Å². The molecule has 3 rings (SSSR count). The maximum Gasteiger partial charge on any atom is 0.259 e. The lowest BCUT2D eigenvalue weighted by molar-refractivity contribution is -0.115. The number of carbonyl (C=O) groups excluding carboxylic acids is 2. The summed E-state index contributed by atoms with van der Waals surface area (Å²) in [5, 5.41) is 2.79. The van der Waals surface area contributed by atoms with Crippen molar-refractivity contribution in [3.63, 3.8) is 0 Å². The van der Waals surface area contributed by atoms with Crippen LogP contribution in [0.1, 0.15) is 36.0 Å². The van der Waals surface area contributed by atoms with Gasteiger partial charge < -0.3 is 15.8 Å². The van der Waals surface area contributed by atoms with Crippen molar-refractivity contribution in [1.29, 1.82) is 0 Å². The Kier molecular flexibility index (Phi) is 8.16. The maximum atomic E-state index is 13.2. The maximum absolute atomic E-state index is 13.2. The number of hydrogen-bond acceptors (Lipinski definition) is 6. The van der Waals surface area contributed by atoms with E-state index < -0.39 is 21.8 Å². The molecule has 0 spiro atoms. The van der Waals surface area contributed by atoms with Gasteiger partial charge in [-0.05, 0) is 43.2 Å². The highest BCUT2D eigenvalue weighted by Crippen LogP contribution is 2.30. The fraction of sp³-hybridized carbons (Fsp3) is 0.364. The molecule has 0 aromatic heterocycles. The highest BCUT2D eigenvalue weighted by Gasteiger charge is 2.27. The van der Waals surface area contributed by atoms with Crippen molar-refractivity contribution < 1.29 is 22.7 Å². The van der Waals surface area contributed by atoms with Crippen molar-refractivity contribution >= 4 is 39.3 Å². The highest BCUT2D eigenvalue weighted by atomic mass is 32.2. The molecule has 2 amide bonds. The largest absolute Gasteiger partial charge is 0.496 e. The SMILES string of the molecule is COc1ccc(S(=O)(=O)N2CCCCCC2)cc1C(=O)Nc1ccccc1SCC(N)=O. The molecule has 0 atom stereocenters. The summed E-state index contributed by atoms with van der Waals surface area (Å²) in [6, 6.07) is 11.3. The van der Waals surface area contributed by atoms with Crippen molar-refractivity contribution in [2.24, 2.45) is 5.73 Å². The normalized spacial score (nSPS) is 15.0. The van der Waals surface area contributed by atoms with Gasteiger partial charge >= 0.3 is 0 Å². The molecule has 10 heteroatoms. The van der Waals surface area contributed by atoms with Gasteiger partial charge in [0.2, 0.25) is 15.9 Å². The third-order valence-electron chi connectivity index (χ3n) is 5.12. The van der Waals surface area contributed by atoms with Gasteiger partial charge in [0.25, 0.3) is 5.91 Å². The summed E-state index contributed by atoms with van der Waals surface area (Å²) < 4.78 is 33.2.